The molecule has 112 valence electrons. The predicted molar refractivity (Wildman–Crippen MR) is 84.2 cm³/mol. The van der Waals surface area contributed by atoms with Crippen LogP contribution in [0, 0.1) is 5.41 Å². The highest BCUT2D eigenvalue weighted by Gasteiger charge is 2.19. The summed E-state index contributed by atoms with van der Waals surface area (Å²) in [7, 11) is 0. The van der Waals surface area contributed by atoms with Gasteiger partial charge in [-0.05, 0) is 24.0 Å². The van der Waals surface area contributed by atoms with E-state index in [0.29, 0.717) is 17.9 Å². The smallest absolute Gasteiger partial charge is 0.337 e. The van der Waals surface area contributed by atoms with Crippen LogP contribution < -0.4 is 11.1 Å². The minimum Gasteiger partial charge on any atom is -0.478 e. The van der Waals surface area contributed by atoms with E-state index in [4.69, 9.17) is 5.73 Å². The number of benzene rings is 1. The molecule has 4 heteroatoms. The minimum atomic E-state index is -0.955. The zero-order valence-electron chi connectivity index (χ0n) is 12.7. The molecule has 0 spiro atoms. The maximum Gasteiger partial charge on any atom is 0.337 e. The predicted octanol–water partition coefficient (Wildman–Crippen LogP) is 3.99. The second-order valence-corrected chi connectivity index (χ2v) is 6.05. The molecule has 0 bridgehead atoms. The van der Waals surface area contributed by atoms with E-state index in [2.05, 4.69) is 26.1 Å². The van der Waals surface area contributed by atoms with Crippen LogP contribution in [0.2, 0.25) is 0 Å². The van der Waals surface area contributed by atoms with Crippen LogP contribution in [-0.4, -0.2) is 17.6 Å². The highest BCUT2D eigenvalue weighted by Crippen LogP contribution is 2.28. The second kappa shape index (κ2) is 7.17. The maximum atomic E-state index is 11.2. The summed E-state index contributed by atoms with van der Waals surface area (Å²) >= 11 is 0. The van der Waals surface area contributed by atoms with Crippen molar-refractivity contribution in [3.05, 3.63) is 23.8 Å². The van der Waals surface area contributed by atoms with E-state index in [-0.39, 0.29) is 11.0 Å². The summed E-state index contributed by atoms with van der Waals surface area (Å²) in [5, 5.41) is 12.4. The minimum absolute atomic E-state index is 0.118. The number of hydrogen-bond acceptors (Lipinski definition) is 3. The molecule has 0 heterocycles. The Morgan fingerprint density at radius 1 is 1.35 bits per heavy atom. The van der Waals surface area contributed by atoms with Crippen LogP contribution >= 0.6 is 0 Å². The summed E-state index contributed by atoms with van der Waals surface area (Å²) < 4.78 is 0. The Balaban J connectivity index is 2.72. The SMILES string of the molecule is CCCCCC(C)(C)CNc1c(N)cccc1C(=O)O. The highest BCUT2D eigenvalue weighted by atomic mass is 16.4. The summed E-state index contributed by atoms with van der Waals surface area (Å²) in [5.74, 6) is -0.955. The molecule has 20 heavy (non-hydrogen) atoms. The monoisotopic (exact) mass is 278 g/mol. The molecule has 0 aliphatic carbocycles. The summed E-state index contributed by atoms with van der Waals surface area (Å²) in [6.07, 6.45) is 4.75. The summed E-state index contributed by atoms with van der Waals surface area (Å²) in [4.78, 5) is 11.2. The molecule has 0 aliphatic rings. The molecule has 0 radical (unpaired) electrons. The molecule has 0 amide bonds. The number of nitrogen functional groups attached to an aromatic ring is 1. The van der Waals surface area contributed by atoms with Crippen molar-refractivity contribution in [1.82, 2.24) is 0 Å². The second-order valence-electron chi connectivity index (χ2n) is 6.05. The molecule has 1 rings (SSSR count). The van der Waals surface area contributed by atoms with Crippen molar-refractivity contribution in [3.8, 4) is 0 Å². The molecular weight excluding hydrogens is 252 g/mol. The third-order valence-corrected chi connectivity index (χ3v) is 3.53. The molecule has 0 atom stereocenters. The lowest BCUT2D eigenvalue weighted by Crippen LogP contribution is -2.24. The number of carboxylic acid groups (broad SMARTS) is 1. The molecule has 0 aromatic heterocycles. The van der Waals surface area contributed by atoms with E-state index < -0.39 is 5.97 Å². The molecule has 0 unspecified atom stereocenters. The standard InChI is InChI=1S/C16H26N2O2/c1-4-5-6-10-16(2,3)11-18-14-12(15(19)20)8-7-9-13(14)17/h7-9,18H,4-6,10-11,17H2,1-3H3,(H,19,20). The normalized spacial score (nSPS) is 11.3. The molecule has 0 fully saturated rings. The largest absolute Gasteiger partial charge is 0.478 e. The lowest BCUT2D eigenvalue weighted by molar-refractivity contribution is 0.0698. The van der Waals surface area contributed by atoms with Crippen LogP contribution in [0.25, 0.3) is 0 Å². The third kappa shape index (κ3) is 4.76. The van der Waals surface area contributed by atoms with Gasteiger partial charge in [0.25, 0.3) is 0 Å². The first-order valence-electron chi connectivity index (χ1n) is 7.23. The van der Waals surface area contributed by atoms with Gasteiger partial charge in [-0.15, -0.1) is 0 Å². The zero-order valence-corrected chi connectivity index (χ0v) is 12.7. The van der Waals surface area contributed by atoms with E-state index >= 15 is 0 Å². The van der Waals surface area contributed by atoms with Crippen molar-refractivity contribution in [2.75, 3.05) is 17.6 Å². The number of nitrogens with two attached hydrogens (primary N) is 1. The Hall–Kier alpha value is -1.71. The first-order valence-corrected chi connectivity index (χ1v) is 7.23. The van der Waals surface area contributed by atoms with Gasteiger partial charge in [-0.1, -0.05) is 46.1 Å². The van der Waals surface area contributed by atoms with Crippen molar-refractivity contribution >= 4 is 17.3 Å². The van der Waals surface area contributed by atoms with Crippen molar-refractivity contribution in [2.45, 2.75) is 46.5 Å². The van der Waals surface area contributed by atoms with Gasteiger partial charge in [0.05, 0.1) is 16.9 Å². The number of aromatic carboxylic acids is 1. The summed E-state index contributed by atoms with van der Waals surface area (Å²) in [6.45, 7) is 7.28. The Morgan fingerprint density at radius 2 is 2.05 bits per heavy atom. The number of hydrogen-bond donors (Lipinski definition) is 3. The summed E-state index contributed by atoms with van der Waals surface area (Å²) in [5.41, 5.74) is 7.25. The van der Waals surface area contributed by atoms with Gasteiger partial charge >= 0.3 is 5.97 Å². The molecule has 0 saturated heterocycles. The average molecular weight is 278 g/mol. The fraction of sp³-hybridized carbons (Fsp3) is 0.562. The number of nitrogens with one attached hydrogen (secondary N) is 1. The number of para-hydroxylation sites is 1. The molecule has 4 N–H and O–H groups in total. The molecular formula is C16H26N2O2. The van der Waals surface area contributed by atoms with E-state index in [1.807, 2.05) is 0 Å². The lowest BCUT2D eigenvalue weighted by Gasteiger charge is -2.26. The quantitative estimate of drug-likeness (QED) is 0.496. The van der Waals surface area contributed by atoms with E-state index in [9.17, 15) is 9.90 Å². The summed E-state index contributed by atoms with van der Waals surface area (Å²) in [6, 6.07) is 4.96. The van der Waals surface area contributed by atoms with Crippen LogP contribution in [-0.2, 0) is 0 Å². The van der Waals surface area contributed by atoms with Crippen molar-refractivity contribution < 1.29 is 9.90 Å². The van der Waals surface area contributed by atoms with Gasteiger partial charge in [0.15, 0.2) is 0 Å². The first kappa shape index (κ1) is 16.3. The lowest BCUT2D eigenvalue weighted by atomic mass is 9.86. The molecule has 1 aromatic rings. The molecule has 4 nitrogen and oxygen atoms in total. The Bertz CT molecular complexity index is 456. The third-order valence-electron chi connectivity index (χ3n) is 3.53. The maximum absolute atomic E-state index is 11.2. The van der Waals surface area contributed by atoms with Gasteiger partial charge in [0, 0.05) is 6.54 Å². The van der Waals surface area contributed by atoms with Gasteiger partial charge in [-0.2, -0.15) is 0 Å². The molecule has 0 saturated carbocycles. The van der Waals surface area contributed by atoms with Gasteiger partial charge in [-0.25, -0.2) is 4.79 Å². The first-order chi connectivity index (χ1) is 9.37. The number of anilines is 2. The van der Waals surface area contributed by atoms with Gasteiger partial charge in [-0.3, -0.25) is 0 Å². The Morgan fingerprint density at radius 3 is 2.65 bits per heavy atom. The van der Waals surface area contributed by atoms with Crippen LogP contribution in [0.3, 0.4) is 0 Å². The van der Waals surface area contributed by atoms with Crippen LogP contribution in [0.15, 0.2) is 18.2 Å². The number of carbonyl (C=O) groups is 1. The number of unbranched alkanes of at least 4 members (excludes halogenated alkanes) is 2. The molecule has 0 aliphatic heterocycles. The molecule has 1 aromatic carbocycles. The van der Waals surface area contributed by atoms with Crippen LogP contribution in [0.4, 0.5) is 11.4 Å². The van der Waals surface area contributed by atoms with Gasteiger partial charge < -0.3 is 16.2 Å². The Kier molecular flexibility index (Phi) is 5.86. The van der Waals surface area contributed by atoms with E-state index in [1.54, 1.807) is 18.2 Å². The van der Waals surface area contributed by atoms with E-state index in [0.717, 1.165) is 6.42 Å². The zero-order chi connectivity index (χ0) is 15.2. The van der Waals surface area contributed by atoms with Gasteiger partial charge in [0.1, 0.15) is 0 Å². The fourth-order valence-corrected chi connectivity index (χ4v) is 2.22. The van der Waals surface area contributed by atoms with Crippen LogP contribution in [0.1, 0.15) is 56.8 Å². The fourth-order valence-electron chi connectivity index (χ4n) is 2.22. The van der Waals surface area contributed by atoms with Crippen molar-refractivity contribution in [2.24, 2.45) is 5.41 Å². The van der Waals surface area contributed by atoms with Crippen molar-refractivity contribution in [1.29, 1.82) is 0 Å². The van der Waals surface area contributed by atoms with Gasteiger partial charge in [0.2, 0.25) is 0 Å². The van der Waals surface area contributed by atoms with Crippen LogP contribution in [0.5, 0.6) is 0 Å². The topological polar surface area (TPSA) is 75.3 Å². The number of carboxylic acids is 1. The van der Waals surface area contributed by atoms with Crippen molar-refractivity contribution in [3.63, 3.8) is 0 Å². The average Bonchev–Trinajstić information content (AvgIpc) is 2.37. The number of rotatable bonds is 8. The Labute approximate surface area is 121 Å². The van der Waals surface area contributed by atoms with E-state index in [1.165, 1.54) is 19.3 Å². The highest BCUT2D eigenvalue weighted by molar-refractivity contribution is 5.97.